The van der Waals surface area contributed by atoms with E-state index in [9.17, 15) is 14.7 Å². The normalized spacial score (nSPS) is 11.9. The number of carboxylic acid groups (broad SMARTS) is 1. The number of nitrogens with one attached hydrogen (secondary N) is 1. The number of ether oxygens (including phenoxy) is 1. The van der Waals surface area contributed by atoms with Gasteiger partial charge in [0.25, 0.3) is 0 Å². The first kappa shape index (κ1) is 18.5. The second-order valence-corrected chi connectivity index (χ2v) is 6.14. The fourth-order valence-electron chi connectivity index (χ4n) is 2.70. The van der Waals surface area contributed by atoms with E-state index in [0.29, 0.717) is 5.69 Å². The number of fused-ring (bicyclic) bond motifs is 1. The Balaban J connectivity index is 1.56. The van der Waals surface area contributed by atoms with Crippen molar-refractivity contribution in [2.75, 3.05) is 6.61 Å². The van der Waals surface area contributed by atoms with Gasteiger partial charge in [0.2, 0.25) is 5.91 Å². The van der Waals surface area contributed by atoms with Crippen molar-refractivity contribution in [3.05, 3.63) is 78.0 Å². The number of hydrogen-bond acceptors (Lipinski definition) is 4. The summed E-state index contributed by atoms with van der Waals surface area (Å²) in [7, 11) is 0. The molecule has 0 aliphatic rings. The van der Waals surface area contributed by atoms with Gasteiger partial charge in [-0.05, 0) is 17.7 Å². The number of pyridine rings is 1. The van der Waals surface area contributed by atoms with Crippen molar-refractivity contribution in [2.45, 2.75) is 19.1 Å². The predicted molar refractivity (Wildman–Crippen MR) is 101 cm³/mol. The Morgan fingerprint density at radius 3 is 2.52 bits per heavy atom. The van der Waals surface area contributed by atoms with E-state index in [2.05, 4.69) is 10.3 Å². The molecular formula is C21H20N2O4. The van der Waals surface area contributed by atoms with Crippen molar-refractivity contribution in [3.8, 4) is 0 Å². The first-order valence-electron chi connectivity index (χ1n) is 8.60. The maximum atomic E-state index is 12.0. The van der Waals surface area contributed by atoms with Crippen molar-refractivity contribution in [2.24, 2.45) is 0 Å². The highest BCUT2D eigenvalue weighted by molar-refractivity contribution is 5.84. The molecule has 138 valence electrons. The predicted octanol–water partition coefficient (Wildman–Crippen LogP) is 2.56. The van der Waals surface area contributed by atoms with Gasteiger partial charge in [0.1, 0.15) is 12.6 Å². The molecule has 0 aliphatic heterocycles. The Labute approximate surface area is 156 Å². The summed E-state index contributed by atoms with van der Waals surface area (Å²) < 4.78 is 5.35. The van der Waals surface area contributed by atoms with Gasteiger partial charge in [-0.2, -0.15) is 0 Å². The third kappa shape index (κ3) is 5.36. The lowest BCUT2D eigenvalue weighted by Crippen LogP contribution is -2.44. The Morgan fingerprint density at radius 2 is 1.74 bits per heavy atom. The number of hydrogen-bond donors (Lipinski definition) is 2. The first-order valence-corrected chi connectivity index (χ1v) is 8.60. The molecule has 3 aromatic rings. The lowest BCUT2D eigenvalue weighted by atomic mass is 10.1. The highest BCUT2D eigenvalue weighted by atomic mass is 16.5. The van der Waals surface area contributed by atoms with Crippen molar-refractivity contribution >= 4 is 22.8 Å². The van der Waals surface area contributed by atoms with Gasteiger partial charge in [0.05, 0.1) is 12.1 Å². The van der Waals surface area contributed by atoms with Crippen LogP contribution in [-0.2, 0) is 27.4 Å². The van der Waals surface area contributed by atoms with Gasteiger partial charge >= 0.3 is 5.97 Å². The van der Waals surface area contributed by atoms with E-state index in [-0.39, 0.29) is 19.6 Å². The molecule has 0 bridgehead atoms. The fraction of sp³-hybridized carbons (Fsp3) is 0.190. The lowest BCUT2D eigenvalue weighted by molar-refractivity contribution is -0.142. The Kier molecular flexibility index (Phi) is 6.12. The molecule has 0 saturated carbocycles. The summed E-state index contributed by atoms with van der Waals surface area (Å²) in [6.45, 7) is 0.0854. The van der Waals surface area contributed by atoms with E-state index in [0.717, 1.165) is 16.5 Å². The summed E-state index contributed by atoms with van der Waals surface area (Å²) in [6, 6.07) is 19.6. The van der Waals surface area contributed by atoms with Crippen molar-refractivity contribution in [1.29, 1.82) is 0 Å². The Morgan fingerprint density at radius 1 is 1.00 bits per heavy atom. The van der Waals surface area contributed by atoms with Crippen LogP contribution in [0.5, 0.6) is 0 Å². The number of carbonyl (C=O) groups excluding carboxylic acids is 1. The molecule has 0 fully saturated rings. The second kappa shape index (κ2) is 8.91. The molecule has 27 heavy (non-hydrogen) atoms. The monoisotopic (exact) mass is 364 g/mol. The van der Waals surface area contributed by atoms with Crippen LogP contribution < -0.4 is 5.32 Å². The highest BCUT2D eigenvalue weighted by Gasteiger charge is 2.21. The van der Waals surface area contributed by atoms with E-state index in [1.807, 2.05) is 60.7 Å². The fourth-order valence-corrected chi connectivity index (χ4v) is 2.70. The Bertz CT molecular complexity index is 928. The zero-order valence-corrected chi connectivity index (χ0v) is 14.7. The van der Waals surface area contributed by atoms with Gasteiger partial charge in [0.15, 0.2) is 0 Å². The summed E-state index contributed by atoms with van der Waals surface area (Å²) in [5.74, 6) is -1.58. The molecule has 6 nitrogen and oxygen atoms in total. The molecule has 1 heterocycles. The first-order chi connectivity index (χ1) is 13.1. The van der Waals surface area contributed by atoms with E-state index >= 15 is 0 Å². The largest absolute Gasteiger partial charge is 0.480 e. The number of aliphatic carboxylic acids is 1. The summed E-state index contributed by atoms with van der Waals surface area (Å²) in [5, 5.41) is 12.9. The maximum Gasteiger partial charge on any atom is 0.326 e. The van der Waals surface area contributed by atoms with Gasteiger partial charge in [-0.25, -0.2) is 4.79 Å². The minimum absolute atomic E-state index is 0.102. The number of amides is 1. The van der Waals surface area contributed by atoms with Crippen LogP contribution in [0.15, 0.2) is 66.7 Å². The number of para-hydroxylation sites is 1. The SMILES string of the molecule is O=C(COCc1ccccc1)N[C@H](Cc1ccc2ccccc2n1)C(=O)O. The number of aromatic nitrogens is 1. The zero-order chi connectivity index (χ0) is 19.1. The van der Waals surface area contributed by atoms with Gasteiger partial charge in [-0.3, -0.25) is 9.78 Å². The van der Waals surface area contributed by atoms with E-state index in [4.69, 9.17) is 4.74 Å². The molecule has 2 aromatic carbocycles. The van der Waals surface area contributed by atoms with Crippen LogP contribution in [0.4, 0.5) is 0 Å². The Hall–Kier alpha value is -3.25. The molecule has 6 heteroatoms. The van der Waals surface area contributed by atoms with Gasteiger partial charge in [-0.15, -0.1) is 0 Å². The molecule has 2 N–H and O–H groups in total. The summed E-state index contributed by atoms with van der Waals surface area (Å²) in [4.78, 5) is 28.0. The van der Waals surface area contributed by atoms with Crippen LogP contribution >= 0.6 is 0 Å². The molecule has 0 spiro atoms. The van der Waals surface area contributed by atoms with Crippen LogP contribution in [0.1, 0.15) is 11.3 Å². The molecule has 0 unspecified atom stereocenters. The second-order valence-electron chi connectivity index (χ2n) is 6.14. The molecule has 1 amide bonds. The third-order valence-corrected chi connectivity index (χ3v) is 4.05. The van der Waals surface area contributed by atoms with E-state index in [1.165, 1.54) is 0 Å². The molecule has 0 radical (unpaired) electrons. The standard InChI is InChI=1S/C21H20N2O4/c24-20(14-27-13-15-6-2-1-3-7-15)23-19(21(25)26)12-17-11-10-16-8-4-5-9-18(16)22-17/h1-11,19H,12-14H2,(H,23,24)(H,25,26)/t19-/m1/s1. The van der Waals surface area contributed by atoms with Crippen LogP contribution in [-0.4, -0.2) is 34.6 Å². The minimum Gasteiger partial charge on any atom is -0.480 e. The van der Waals surface area contributed by atoms with Crippen LogP contribution in [0, 0.1) is 0 Å². The van der Waals surface area contributed by atoms with Crippen molar-refractivity contribution in [1.82, 2.24) is 10.3 Å². The lowest BCUT2D eigenvalue weighted by Gasteiger charge is -2.14. The number of carbonyl (C=O) groups is 2. The van der Waals surface area contributed by atoms with Crippen LogP contribution in [0.3, 0.4) is 0 Å². The average molecular weight is 364 g/mol. The van der Waals surface area contributed by atoms with Crippen LogP contribution in [0.2, 0.25) is 0 Å². The summed E-state index contributed by atoms with van der Waals surface area (Å²) >= 11 is 0. The average Bonchev–Trinajstić information content (AvgIpc) is 2.68. The van der Waals surface area contributed by atoms with Crippen molar-refractivity contribution < 1.29 is 19.4 Å². The van der Waals surface area contributed by atoms with Gasteiger partial charge in [-0.1, -0.05) is 54.6 Å². The summed E-state index contributed by atoms with van der Waals surface area (Å²) in [5.41, 5.74) is 2.34. The minimum atomic E-state index is -1.11. The molecule has 1 aromatic heterocycles. The molecule has 0 aliphatic carbocycles. The third-order valence-electron chi connectivity index (χ3n) is 4.05. The van der Waals surface area contributed by atoms with Gasteiger partial charge < -0.3 is 15.2 Å². The van der Waals surface area contributed by atoms with Crippen molar-refractivity contribution in [3.63, 3.8) is 0 Å². The van der Waals surface area contributed by atoms with E-state index < -0.39 is 17.9 Å². The van der Waals surface area contributed by atoms with E-state index in [1.54, 1.807) is 6.07 Å². The number of rotatable bonds is 8. The molecule has 3 rings (SSSR count). The highest BCUT2D eigenvalue weighted by Crippen LogP contribution is 2.13. The number of carboxylic acids is 1. The molecule has 0 saturated heterocycles. The number of nitrogens with zero attached hydrogens (tertiary/aromatic N) is 1. The quantitative estimate of drug-likeness (QED) is 0.641. The van der Waals surface area contributed by atoms with Crippen LogP contribution in [0.25, 0.3) is 10.9 Å². The van der Waals surface area contributed by atoms with Gasteiger partial charge in [0, 0.05) is 17.5 Å². The molecule has 1 atom stereocenters. The zero-order valence-electron chi connectivity index (χ0n) is 14.7. The maximum absolute atomic E-state index is 12.0. The molecular weight excluding hydrogens is 344 g/mol. The topological polar surface area (TPSA) is 88.5 Å². The number of benzene rings is 2. The summed E-state index contributed by atoms with van der Waals surface area (Å²) in [6.07, 6.45) is 0.102. The smallest absolute Gasteiger partial charge is 0.326 e.